The summed E-state index contributed by atoms with van der Waals surface area (Å²) in [5.41, 5.74) is -3.98. The van der Waals surface area contributed by atoms with Crippen LogP contribution in [0.15, 0.2) is 39.8 Å². The first kappa shape index (κ1) is 20.0. The van der Waals surface area contributed by atoms with Crippen LogP contribution < -0.4 is 5.32 Å². The summed E-state index contributed by atoms with van der Waals surface area (Å²) in [5, 5.41) is 6.41. The Morgan fingerprint density at radius 1 is 1.23 bits per heavy atom. The molecule has 1 aromatic heterocycles. The Morgan fingerprint density at radius 3 is 2.42 bits per heavy atom. The van der Waals surface area contributed by atoms with Crippen LogP contribution in [-0.4, -0.2) is 21.6 Å². The van der Waals surface area contributed by atoms with Crippen LogP contribution in [0.2, 0.25) is 0 Å². The highest BCUT2D eigenvalue weighted by molar-refractivity contribution is 8.00. The van der Waals surface area contributed by atoms with E-state index in [1.165, 1.54) is 36.4 Å². The van der Waals surface area contributed by atoms with Gasteiger partial charge in [0, 0.05) is 16.4 Å². The Labute approximate surface area is 153 Å². The van der Waals surface area contributed by atoms with E-state index >= 15 is 0 Å². The van der Waals surface area contributed by atoms with Crippen LogP contribution in [0.25, 0.3) is 6.08 Å². The van der Waals surface area contributed by atoms with Crippen molar-refractivity contribution in [3.05, 3.63) is 47.6 Å². The number of nitrogens with zero attached hydrogens (tertiary/aromatic N) is 2. The van der Waals surface area contributed by atoms with Gasteiger partial charge in [-0.2, -0.15) is 18.2 Å². The van der Waals surface area contributed by atoms with Crippen LogP contribution in [0.3, 0.4) is 0 Å². The van der Waals surface area contributed by atoms with Gasteiger partial charge in [0.25, 0.3) is 0 Å². The maximum Gasteiger partial charge on any atom is 0.446 e. The van der Waals surface area contributed by atoms with Crippen LogP contribution in [-0.2, 0) is 16.8 Å². The van der Waals surface area contributed by atoms with Gasteiger partial charge in [0.05, 0.1) is 6.54 Å². The molecule has 5 nitrogen and oxygen atoms in total. The molecular weight excluding hydrogens is 367 g/mol. The molecule has 2 rings (SSSR count). The van der Waals surface area contributed by atoms with Crippen molar-refractivity contribution in [2.45, 2.75) is 43.1 Å². The fraction of sp³-hybridized carbons (Fsp3) is 0.353. The first-order valence-electron chi connectivity index (χ1n) is 7.68. The standard InChI is InChI=1S/C17H18F3N3O2S/c1-16(2,3)15-22-13(23-25-15)10-21-14(24)9-6-11-4-7-12(8-5-11)26-17(18,19)20/h4-9H,10H2,1-3H3,(H,21,24)/b9-6+. The summed E-state index contributed by atoms with van der Waals surface area (Å²) in [6, 6.07) is 5.71. The quantitative estimate of drug-likeness (QED) is 0.614. The zero-order valence-corrected chi connectivity index (χ0v) is 15.2. The third-order valence-corrected chi connectivity index (χ3v) is 3.81. The molecule has 2 aromatic rings. The molecule has 26 heavy (non-hydrogen) atoms. The lowest BCUT2D eigenvalue weighted by molar-refractivity contribution is -0.116. The zero-order valence-electron chi connectivity index (χ0n) is 14.4. The molecule has 0 aliphatic carbocycles. The lowest BCUT2D eigenvalue weighted by Gasteiger charge is -2.10. The predicted octanol–water partition coefficient (Wildman–Crippen LogP) is 4.31. The summed E-state index contributed by atoms with van der Waals surface area (Å²) in [5.74, 6) is 0.472. The second kappa shape index (κ2) is 7.94. The highest BCUT2D eigenvalue weighted by atomic mass is 32.2. The van der Waals surface area contributed by atoms with E-state index in [-0.39, 0.29) is 34.5 Å². The number of carbonyl (C=O) groups excluding carboxylic acids is 1. The summed E-state index contributed by atoms with van der Waals surface area (Å²) in [4.78, 5) is 16.1. The predicted molar refractivity (Wildman–Crippen MR) is 92.2 cm³/mol. The maximum absolute atomic E-state index is 12.3. The first-order chi connectivity index (χ1) is 12.0. The number of alkyl halides is 3. The van der Waals surface area contributed by atoms with E-state index in [9.17, 15) is 18.0 Å². The van der Waals surface area contributed by atoms with Gasteiger partial charge in [-0.1, -0.05) is 38.1 Å². The van der Waals surface area contributed by atoms with E-state index in [2.05, 4.69) is 15.5 Å². The Kier molecular flexibility index (Phi) is 6.12. The minimum atomic E-state index is -4.32. The van der Waals surface area contributed by atoms with E-state index < -0.39 is 5.51 Å². The van der Waals surface area contributed by atoms with Crippen LogP contribution in [0.1, 0.15) is 38.0 Å². The number of benzene rings is 1. The molecular formula is C17H18F3N3O2S. The van der Waals surface area contributed by atoms with Crippen LogP contribution in [0.5, 0.6) is 0 Å². The molecule has 1 heterocycles. The Hall–Kier alpha value is -2.29. The molecule has 9 heteroatoms. The molecule has 0 saturated heterocycles. The van der Waals surface area contributed by atoms with Gasteiger partial charge in [-0.25, -0.2) is 0 Å². The van der Waals surface area contributed by atoms with Crippen molar-refractivity contribution in [2.24, 2.45) is 0 Å². The molecule has 0 aliphatic rings. The molecule has 0 aliphatic heterocycles. The summed E-state index contributed by atoms with van der Waals surface area (Å²) < 4.78 is 41.9. The monoisotopic (exact) mass is 385 g/mol. The fourth-order valence-corrected chi connectivity index (χ4v) is 2.35. The molecule has 0 spiro atoms. The summed E-state index contributed by atoms with van der Waals surface area (Å²) in [7, 11) is 0. The van der Waals surface area contributed by atoms with Gasteiger partial charge in [0.15, 0.2) is 5.82 Å². The highest BCUT2D eigenvalue weighted by Crippen LogP contribution is 2.36. The number of rotatable bonds is 5. The number of amides is 1. The van der Waals surface area contributed by atoms with E-state index in [4.69, 9.17) is 4.52 Å². The molecule has 1 aromatic carbocycles. The second-order valence-electron chi connectivity index (χ2n) is 6.43. The first-order valence-corrected chi connectivity index (χ1v) is 8.49. The van der Waals surface area contributed by atoms with Gasteiger partial charge in [-0.05, 0) is 35.5 Å². The Morgan fingerprint density at radius 2 is 1.88 bits per heavy atom. The number of halogens is 3. The fourth-order valence-electron chi connectivity index (χ4n) is 1.81. The Balaban J connectivity index is 1.86. The summed E-state index contributed by atoms with van der Waals surface area (Å²) >= 11 is -0.183. The Bertz CT molecular complexity index is 778. The summed E-state index contributed by atoms with van der Waals surface area (Å²) in [6.45, 7) is 5.92. The lowest BCUT2D eigenvalue weighted by atomic mass is 9.97. The van der Waals surface area contributed by atoms with E-state index in [1.54, 1.807) is 0 Å². The third kappa shape index (κ3) is 6.55. The normalized spacial score (nSPS) is 12.5. The van der Waals surface area contributed by atoms with Crippen molar-refractivity contribution < 1.29 is 22.5 Å². The SMILES string of the molecule is CC(C)(C)c1nc(CNC(=O)/C=C/c2ccc(SC(F)(F)F)cc2)no1. The molecule has 0 atom stereocenters. The van der Waals surface area contributed by atoms with Gasteiger partial charge in [-0.3, -0.25) is 4.79 Å². The van der Waals surface area contributed by atoms with Gasteiger partial charge in [0.2, 0.25) is 11.8 Å². The molecule has 140 valence electrons. The third-order valence-electron chi connectivity index (χ3n) is 3.07. The van der Waals surface area contributed by atoms with Gasteiger partial charge in [0.1, 0.15) is 0 Å². The van der Waals surface area contributed by atoms with E-state index in [0.717, 1.165) is 0 Å². The average molecular weight is 385 g/mol. The number of hydrogen-bond acceptors (Lipinski definition) is 5. The molecule has 0 unspecified atom stereocenters. The van der Waals surface area contributed by atoms with Crippen LogP contribution >= 0.6 is 11.8 Å². The molecule has 0 bridgehead atoms. The molecule has 1 amide bonds. The highest BCUT2D eigenvalue weighted by Gasteiger charge is 2.28. The van der Waals surface area contributed by atoms with E-state index in [1.807, 2.05) is 20.8 Å². The molecule has 0 radical (unpaired) electrons. The number of carbonyl (C=O) groups is 1. The van der Waals surface area contributed by atoms with Gasteiger partial charge >= 0.3 is 5.51 Å². The smallest absolute Gasteiger partial charge is 0.345 e. The largest absolute Gasteiger partial charge is 0.446 e. The topological polar surface area (TPSA) is 68.0 Å². The second-order valence-corrected chi connectivity index (χ2v) is 7.57. The van der Waals surface area contributed by atoms with Gasteiger partial charge in [-0.15, -0.1) is 0 Å². The van der Waals surface area contributed by atoms with Gasteiger partial charge < -0.3 is 9.84 Å². The zero-order chi connectivity index (χ0) is 19.4. The van der Waals surface area contributed by atoms with Crippen molar-refractivity contribution in [3.8, 4) is 0 Å². The van der Waals surface area contributed by atoms with Crippen molar-refractivity contribution in [1.29, 1.82) is 0 Å². The average Bonchev–Trinajstić information content (AvgIpc) is 3.00. The van der Waals surface area contributed by atoms with Crippen LogP contribution in [0.4, 0.5) is 13.2 Å². The van der Waals surface area contributed by atoms with Crippen molar-refractivity contribution >= 4 is 23.7 Å². The molecule has 0 fully saturated rings. The molecule has 1 N–H and O–H groups in total. The minimum Gasteiger partial charge on any atom is -0.345 e. The summed E-state index contributed by atoms with van der Waals surface area (Å²) in [6.07, 6.45) is 2.80. The van der Waals surface area contributed by atoms with Crippen molar-refractivity contribution in [3.63, 3.8) is 0 Å². The van der Waals surface area contributed by atoms with E-state index in [0.29, 0.717) is 17.3 Å². The number of thioether (sulfide) groups is 1. The minimum absolute atomic E-state index is 0.0888. The lowest BCUT2D eigenvalue weighted by Crippen LogP contribution is -2.21. The number of hydrogen-bond donors (Lipinski definition) is 1. The number of aromatic nitrogens is 2. The van der Waals surface area contributed by atoms with Crippen LogP contribution in [0, 0.1) is 0 Å². The maximum atomic E-state index is 12.3. The van der Waals surface area contributed by atoms with Crippen molar-refractivity contribution in [2.75, 3.05) is 0 Å². The number of nitrogens with one attached hydrogen (secondary N) is 1. The molecule has 0 saturated carbocycles. The van der Waals surface area contributed by atoms with Crippen molar-refractivity contribution in [1.82, 2.24) is 15.5 Å².